The highest BCUT2D eigenvalue weighted by atomic mass is 15.1. The molecule has 0 saturated carbocycles. The van der Waals surface area contributed by atoms with Gasteiger partial charge >= 0.3 is 0 Å². The first-order valence-corrected chi connectivity index (χ1v) is 10.6. The molecule has 4 rings (SSSR count). The van der Waals surface area contributed by atoms with Gasteiger partial charge in [0, 0.05) is 15.7 Å². The number of nitrogens with zero attached hydrogens (tertiary/aromatic N) is 3. The van der Waals surface area contributed by atoms with Crippen molar-refractivity contribution in [2.75, 3.05) is 0 Å². The second kappa shape index (κ2) is 7.71. The first-order chi connectivity index (χ1) is 15.5. The summed E-state index contributed by atoms with van der Waals surface area (Å²) in [5.74, 6) is 0.571. The fraction of sp³-hybridized carbons (Fsp3) is 0.333. The minimum Gasteiger partial charge on any atom is -0.295 e. The van der Waals surface area contributed by atoms with Crippen molar-refractivity contribution in [2.45, 2.75) is 53.3 Å². The Kier molecular flexibility index (Phi) is 4.32. The molecule has 30 heavy (non-hydrogen) atoms. The van der Waals surface area contributed by atoms with E-state index in [2.05, 4.69) is 76.0 Å². The van der Waals surface area contributed by atoms with Gasteiger partial charge in [-0.1, -0.05) is 64.1 Å². The van der Waals surface area contributed by atoms with E-state index in [4.69, 9.17) is 4.11 Å². The van der Waals surface area contributed by atoms with E-state index in [1.165, 1.54) is 5.56 Å². The smallest absolute Gasteiger partial charge is 0.214 e. The minimum absolute atomic E-state index is 0.106. The Morgan fingerprint density at radius 2 is 1.63 bits per heavy atom. The highest BCUT2D eigenvalue weighted by Crippen LogP contribution is 2.35. The summed E-state index contributed by atoms with van der Waals surface area (Å²) in [6.07, 6.45) is 1.94. The van der Waals surface area contributed by atoms with Crippen LogP contribution in [0, 0.1) is 13.8 Å². The highest BCUT2D eigenvalue weighted by molar-refractivity contribution is 5.81. The third-order valence-corrected chi connectivity index (χ3v) is 5.90. The van der Waals surface area contributed by atoms with Crippen LogP contribution in [0.5, 0.6) is 0 Å². The zero-order valence-electron chi connectivity index (χ0n) is 21.7. The maximum atomic E-state index is 8.30. The molecule has 4 aromatic rings. The van der Waals surface area contributed by atoms with E-state index < -0.39 is 6.85 Å². The molecule has 0 aliphatic carbocycles. The summed E-state index contributed by atoms with van der Waals surface area (Å²) in [5, 5.41) is 0. The topological polar surface area (TPSA) is 21.7 Å². The monoisotopic (exact) mass is 401 g/mol. The molecule has 0 atom stereocenters. The lowest BCUT2D eigenvalue weighted by molar-refractivity contribution is -0.659. The molecule has 0 spiro atoms. The lowest BCUT2D eigenvalue weighted by Crippen LogP contribution is -2.30. The van der Waals surface area contributed by atoms with E-state index in [9.17, 15) is 0 Å². The van der Waals surface area contributed by atoms with Gasteiger partial charge < -0.3 is 0 Å². The number of pyridine rings is 1. The van der Waals surface area contributed by atoms with Gasteiger partial charge in [-0.2, -0.15) is 4.57 Å². The summed E-state index contributed by atoms with van der Waals surface area (Å²) < 4.78 is 28.8. The zero-order valence-corrected chi connectivity index (χ0v) is 18.7. The molecule has 0 unspecified atom stereocenters. The number of hydrogen-bond acceptors (Lipinski definition) is 1. The van der Waals surface area contributed by atoms with Crippen LogP contribution in [0.2, 0.25) is 0 Å². The van der Waals surface area contributed by atoms with E-state index in [-0.39, 0.29) is 17.7 Å². The third kappa shape index (κ3) is 3.32. The van der Waals surface area contributed by atoms with Gasteiger partial charge in [0.1, 0.15) is 12.9 Å². The van der Waals surface area contributed by atoms with Gasteiger partial charge in [0.25, 0.3) is 0 Å². The van der Waals surface area contributed by atoms with Gasteiger partial charge in [0.05, 0.1) is 11.2 Å². The number of hydrogen-bond donors (Lipinski definition) is 0. The molecule has 2 aromatic heterocycles. The van der Waals surface area contributed by atoms with Crippen molar-refractivity contribution in [3.05, 3.63) is 77.2 Å². The standard InChI is InChI=1S/C27H32N3/c1-17(2)21-13-10-14-22(18(3)4)27(21)30-20(6)28-24-16-29(7)25(15-26(24)30)23-12-9-8-11-19(23)5/h8-18H,1-7H3/q+1/i6D3. The van der Waals surface area contributed by atoms with Gasteiger partial charge in [-0.25, -0.2) is 4.98 Å². The highest BCUT2D eigenvalue weighted by Gasteiger charge is 2.23. The molecule has 3 nitrogen and oxygen atoms in total. The fourth-order valence-electron chi connectivity index (χ4n) is 4.29. The summed E-state index contributed by atoms with van der Waals surface area (Å²) >= 11 is 0. The second-order valence-corrected chi connectivity index (χ2v) is 8.72. The van der Waals surface area contributed by atoms with Gasteiger partial charge in [0.2, 0.25) is 5.69 Å². The Balaban J connectivity index is 2.17. The molecule has 154 valence electrons. The van der Waals surface area contributed by atoms with Crippen molar-refractivity contribution in [1.82, 2.24) is 9.55 Å². The van der Waals surface area contributed by atoms with Crippen molar-refractivity contribution < 1.29 is 8.68 Å². The van der Waals surface area contributed by atoms with Crippen LogP contribution >= 0.6 is 0 Å². The number of aryl methyl sites for hydroxylation is 3. The molecule has 0 aliphatic rings. The fourth-order valence-corrected chi connectivity index (χ4v) is 4.29. The Labute approximate surface area is 184 Å². The molecule has 0 amide bonds. The number of benzene rings is 2. The van der Waals surface area contributed by atoms with Crippen LogP contribution in [0.1, 0.15) is 66.2 Å². The Morgan fingerprint density at radius 3 is 2.23 bits per heavy atom. The lowest BCUT2D eigenvalue weighted by atomic mass is 9.92. The van der Waals surface area contributed by atoms with E-state index in [0.717, 1.165) is 33.6 Å². The number of para-hydroxylation sites is 1. The average Bonchev–Trinajstić information content (AvgIpc) is 3.11. The molecule has 0 saturated heterocycles. The number of rotatable bonds is 4. The average molecular weight is 402 g/mol. The van der Waals surface area contributed by atoms with Crippen LogP contribution in [0.4, 0.5) is 0 Å². The predicted molar refractivity (Wildman–Crippen MR) is 125 cm³/mol. The Bertz CT molecular complexity index is 1300. The third-order valence-electron chi connectivity index (χ3n) is 5.90. The van der Waals surface area contributed by atoms with Crippen molar-refractivity contribution in [3.8, 4) is 16.9 Å². The molecule has 3 heteroatoms. The van der Waals surface area contributed by atoms with E-state index in [0.29, 0.717) is 5.52 Å². The summed E-state index contributed by atoms with van der Waals surface area (Å²) in [6, 6.07) is 16.6. The summed E-state index contributed by atoms with van der Waals surface area (Å²) in [7, 11) is 1.98. The van der Waals surface area contributed by atoms with Crippen molar-refractivity contribution in [3.63, 3.8) is 0 Å². The van der Waals surface area contributed by atoms with Gasteiger partial charge in [-0.3, -0.25) is 4.57 Å². The normalized spacial score (nSPS) is 13.7. The molecule has 0 fully saturated rings. The summed E-state index contributed by atoms with van der Waals surface area (Å²) in [5.41, 5.74) is 7.98. The predicted octanol–water partition coefficient (Wildman–Crippen LogP) is 6.38. The van der Waals surface area contributed by atoms with Crippen LogP contribution in [0.15, 0.2) is 54.7 Å². The molecule has 2 heterocycles. The van der Waals surface area contributed by atoms with Crippen molar-refractivity contribution >= 4 is 11.0 Å². The van der Waals surface area contributed by atoms with Gasteiger partial charge in [-0.05, 0) is 48.4 Å². The number of imidazole rings is 1. The van der Waals surface area contributed by atoms with E-state index >= 15 is 0 Å². The molecule has 0 N–H and O–H groups in total. The van der Waals surface area contributed by atoms with Crippen LogP contribution < -0.4 is 4.57 Å². The molecule has 2 aromatic carbocycles. The first kappa shape index (κ1) is 16.8. The minimum atomic E-state index is -2.35. The maximum absolute atomic E-state index is 8.30. The number of aromatic nitrogens is 3. The number of fused-ring (bicyclic) bond motifs is 1. The molecule has 0 aliphatic heterocycles. The Morgan fingerprint density at radius 1 is 0.967 bits per heavy atom. The van der Waals surface area contributed by atoms with Crippen LogP contribution in [0.3, 0.4) is 0 Å². The maximum Gasteiger partial charge on any atom is 0.214 e. The molecular formula is C27H32N3+. The van der Waals surface area contributed by atoms with Crippen LogP contribution in [-0.2, 0) is 7.05 Å². The van der Waals surface area contributed by atoms with Gasteiger partial charge in [0.15, 0.2) is 11.7 Å². The van der Waals surface area contributed by atoms with Crippen molar-refractivity contribution in [2.24, 2.45) is 7.05 Å². The zero-order chi connectivity index (χ0) is 24.1. The SMILES string of the molecule is [2H]C([2H])([2H])c1nc2c[n+](C)c(-c3ccccc3C)cc2n1-c1c(C(C)C)cccc1C(C)C. The van der Waals surface area contributed by atoms with Crippen LogP contribution in [-0.4, -0.2) is 9.55 Å². The van der Waals surface area contributed by atoms with Gasteiger partial charge in [-0.15, -0.1) is 0 Å². The lowest BCUT2D eigenvalue weighted by Gasteiger charge is -2.21. The second-order valence-electron chi connectivity index (χ2n) is 8.72. The molecule has 0 radical (unpaired) electrons. The summed E-state index contributed by atoms with van der Waals surface area (Å²) in [6.45, 7) is 8.34. The Hall–Kier alpha value is -2.94. The molecular weight excluding hydrogens is 366 g/mol. The van der Waals surface area contributed by atoms with E-state index in [1.54, 1.807) is 0 Å². The quantitative estimate of drug-likeness (QED) is 0.364. The van der Waals surface area contributed by atoms with E-state index in [1.807, 2.05) is 34.5 Å². The summed E-state index contributed by atoms with van der Waals surface area (Å²) in [4.78, 5) is 4.66. The largest absolute Gasteiger partial charge is 0.295 e. The van der Waals surface area contributed by atoms with Crippen LogP contribution in [0.25, 0.3) is 28.0 Å². The molecule has 0 bridgehead atoms. The van der Waals surface area contributed by atoms with Crippen molar-refractivity contribution in [1.29, 1.82) is 0 Å². The first-order valence-electron chi connectivity index (χ1n) is 12.1.